The van der Waals surface area contributed by atoms with Crippen molar-refractivity contribution in [3.63, 3.8) is 0 Å². The van der Waals surface area contributed by atoms with Gasteiger partial charge in [0.25, 0.3) is 0 Å². The number of rotatable bonds is 5. The fourth-order valence-corrected chi connectivity index (χ4v) is 2.25. The van der Waals surface area contributed by atoms with Crippen molar-refractivity contribution < 1.29 is 0 Å². The summed E-state index contributed by atoms with van der Waals surface area (Å²) >= 11 is 0. The molecule has 2 aromatic rings. The topological polar surface area (TPSA) is 29.9 Å². The number of para-hydroxylation sites is 2. The highest BCUT2D eigenvalue weighted by molar-refractivity contribution is 5.75. The Hall–Kier alpha value is -1.35. The highest BCUT2D eigenvalue weighted by Crippen LogP contribution is 2.27. The van der Waals surface area contributed by atoms with Crippen LogP contribution in [0, 0.1) is 5.92 Å². The summed E-state index contributed by atoms with van der Waals surface area (Å²) < 4.78 is 2.20. The van der Waals surface area contributed by atoms with Crippen LogP contribution in [0.1, 0.15) is 18.7 Å². The number of benzene rings is 1. The summed E-state index contributed by atoms with van der Waals surface area (Å²) in [6.45, 7) is 2.22. The van der Waals surface area contributed by atoms with E-state index in [0.717, 1.165) is 24.4 Å². The van der Waals surface area contributed by atoms with Crippen molar-refractivity contribution in [3.8, 4) is 0 Å². The van der Waals surface area contributed by atoms with Crippen LogP contribution >= 0.6 is 0 Å². The SMILES string of the molecule is Cn1c(CCNCC2CC2)nc2ccccc21. The number of nitrogens with one attached hydrogen (secondary N) is 1. The maximum atomic E-state index is 4.67. The van der Waals surface area contributed by atoms with Gasteiger partial charge in [0.2, 0.25) is 0 Å². The fraction of sp³-hybridized carbons (Fsp3) is 0.500. The van der Waals surface area contributed by atoms with E-state index in [9.17, 15) is 0 Å². The largest absolute Gasteiger partial charge is 0.331 e. The van der Waals surface area contributed by atoms with Gasteiger partial charge in [-0.25, -0.2) is 4.98 Å². The van der Waals surface area contributed by atoms with Crippen LogP contribution in [0.3, 0.4) is 0 Å². The molecule has 3 nitrogen and oxygen atoms in total. The highest BCUT2D eigenvalue weighted by atomic mass is 15.1. The second kappa shape index (κ2) is 4.49. The van der Waals surface area contributed by atoms with Gasteiger partial charge >= 0.3 is 0 Å². The van der Waals surface area contributed by atoms with Crippen LogP contribution in [0.4, 0.5) is 0 Å². The number of nitrogens with zero attached hydrogens (tertiary/aromatic N) is 2. The molecular weight excluding hydrogens is 210 g/mol. The van der Waals surface area contributed by atoms with Gasteiger partial charge in [-0.2, -0.15) is 0 Å². The molecule has 90 valence electrons. The highest BCUT2D eigenvalue weighted by Gasteiger charge is 2.20. The lowest BCUT2D eigenvalue weighted by molar-refractivity contribution is 0.621. The molecule has 1 N–H and O–H groups in total. The number of imidazole rings is 1. The van der Waals surface area contributed by atoms with Crippen molar-refractivity contribution >= 4 is 11.0 Å². The van der Waals surface area contributed by atoms with Gasteiger partial charge in [0.1, 0.15) is 5.82 Å². The van der Waals surface area contributed by atoms with E-state index >= 15 is 0 Å². The Kier molecular flexibility index (Phi) is 2.85. The monoisotopic (exact) mass is 229 g/mol. The third kappa shape index (κ3) is 2.34. The molecular formula is C14H19N3. The van der Waals surface area contributed by atoms with Crippen LogP contribution < -0.4 is 5.32 Å². The number of aromatic nitrogens is 2. The third-order valence-corrected chi connectivity index (χ3v) is 3.54. The van der Waals surface area contributed by atoms with Crippen molar-refractivity contribution in [2.45, 2.75) is 19.3 Å². The molecule has 3 heteroatoms. The van der Waals surface area contributed by atoms with Crippen molar-refractivity contribution in [3.05, 3.63) is 30.1 Å². The van der Waals surface area contributed by atoms with Crippen molar-refractivity contribution in [2.75, 3.05) is 13.1 Å². The second-order valence-electron chi connectivity index (χ2n) is 4.97. The molecule has 17 heavy (non-hydrogen) atoms. The number of hydrogen-bond acceptors (Lipinski definition) is 2. The number of fused-ring (bicyclic) bond motifs is 1. The average Bonchev–Trinajstić information content (AvgIpc) is 3.12. The van der Waals surface area contributed by atoms with Crippen LogP contribution in [0.15, 0.2) is 24.3 Å². The van der Waals surface area contributed by atoms with E-state index in [0.29, 0.717) is 0 Å². The molecule has 0 saturated heterocycles. The van der Waals surface area contributed by atoms with E-state index in [-0.39, 0.29) is 0 Å². The first kappa shape index (κ1) is 10.8. The zero-order valence-corrected chi connectivity index (χ0v) is 10.3. The van der Waals surface area contributed by atoms with Crippen LogP contribution in [0.2, 0.25) is 0 Å². The smallest absolute Gasteiger partial charge is 0.110 e. The Bertz CT molecular complexity index is 511. The molecule has 0 bridgehead atoms. The van der Waals surface area contributed by atoms with Crippen molar-refractivity contribution in [1.82, 2.24) is 14.9 Å². The first-order chi connectivity index (χ1) is 8.34. The van der Waals surface area contributed by atoms with Gasteiger partial charge in [0, 0.05) is 20.0 Å². The van der Waals surface area contributed by atoms with Crippen molar-refractivity contribution in [1.29, 1.82) is 0 Å². The molecule has 1 aromatic heterocycles. The molecule has 0 radical (unpaired) electrons. The van der Waals surface area contributed by atoms with E-state index in [2.05, 4.69) is 40.1 Å². The zero-order chi connectivity index (χ0) is 11.7. The van der Waals surface area contributed by atoms with Gasteiger partial charge in [-0.3, -0.25) is 0 Å². The molecule has 0 amide bonds. The van der Waals surface area contributed by atoms with Gasteiger partial charge in [0.05, 0.1) is 11.0 Å². The first-order valence-corrected chi connectivity index (χ1v) is 6.45. The molecule has 0 unspecified atom stereocenters. The lowest BCUT2D eigenvalue weighted by Gasteiger charge is -2.04. The Morgan fingerprint density at radius 1 is 1.35 bits per heavy atom. The van der Waals surface area contributed by atoms with Gasteiger partial charge in [-0.1, -0.05) is 12.1 Å². The molecule has 1 aliphatic carbocycles. The summed E-state index contributed by atoms with van der Waals surface area (Å²) in [5.41, 5.74) is 2.33. The van der Waals surface area contributed by atoms with E-state index in [1.807, 2.05) is 6.07 Å². The Labute approximate surface area is 102 Å². The predicted molar refractivity (Wildman–Crippen MR) is 70.0 cm³/mol. The minimum Gasteiger partial charge on any atom is -0.331 e. The predicted octanol–water partition coefficient (Wildman–Crippen LogP) is 2.12. The molecule has 1 aliphatic rings. The number of aryl methyl sites for hydroxylation is 1. The minimum absolute atomic E-state index is 0.954. The minimum atomic E-state index is 0.954. The third-order valence-electron chi connectivity index (χ3n) is 3.54. The molecule has 3 rings (SSSR count). The quantitative estimate of drug-likeness (QED) is 0.796. The summed E-state index contributed by atoms with van der Waals surface area (Å²) in [6.07, 6.45) is 3.84. The summed E-state index contributed by atoms with van der Waals surface area (Å²) in [7, 11) is 2.10. The summed E-state index contributed by atoms with van der Waals surface area (Å²) in [5.74, 6) is 2.13. The Morgan fingerprint density at radius 2 is 2.18 bits per heavy atom. The lowest BCUT2D eigenvalue weighted by atomic mass is 10.3. The number of hydrogen-bond donors (Lipinski definition) is 1. The molecule has 1 fully saturated rings. The standard InChI is InChI=1S/C14H19N3/c1-17-13-5-3-2-4-12(13)16-14(17)8-9-15-10-11-6-7-11/h2-5,11,15H,6-10H2,1H3. The summed E-state index contributed by atoms with van der Waals surface area (Å²) in [5, 5.41) is 3.51. The van der Waals surface area contributed by atoms with Crippen LogP contribution in [-0.4, -0.2) is 22.6 Å². The summed E-state index contributed by atoms with van der Waals surface area (Å²) in [6, 6.07) is 8.32. The van der Waals surface area contributed by atoms with Crippen molar-refractivity contribution in [2.24, 2.45) is 13.0 Å². The molecule has 0 aliphatic heterocycles. The Morgan fingerprint density at radius 3 is 2.94 bits per heavy atom. The maximum Gasteiger partial charge on any atom is 0.110 e. The van der Waals surface area contributed by atoms with Crippen LogP contribution in [-0.2, 0) is 13.5 Å². The second-order valence-corrected chi connectivity index (χ2v) is 4.97. The first-order valence-electron chi connectivity index (χ1n) is 6.45. The van der Waals surface area contributed by atoms with Crippen LogP contribution in [0.25, 0.3) is 11.0 Å². The van der Waals surface area contributed by atoms with E-state index in [4.69, 9.17) is 0 Å². The molecule has 1 heterocycles. The summed E-state index contributed by atoms with van der Waals surface area (Å²) in [4.78, 5) is 4.67. The Balaban J connectivity index is 1.65. The zero-order valence-electron chi connectivity index (χ0n) is 10.3. The van der Waals surface area contributed by atoms with E-state index in [1.165, 1.54) is 30.7 Å². The molecule has 1 saturated carbocycles. The molecule has 1 aromatic carbocycles. The van der Waals surface area contributed by atoms with Gasteiger partial charge in [-0.15, -0.1) is 0 Å². The molecule has 0 atom stereocenters. The maximum absolute atomic E-state index is 4.67. The van der Waals surface area contributed by atoms with E-state index < -0.39 is 0 Å². The normalized spacial score (nSPS) is 15.6. The average molecular weight is 229 g/mol. The van der Waals surface area contributed by atoms with E-state index in [1.54, 1.807) is 0 Å². The van der Waals surface area contributed by atoms with Crippen LogP contribution in [0.5, 0.6) is 0 Å². The van der Waals surface area contributed by atoms with Gasteiger partial charge < -0.3 is 9.88 Å². The molecule has 0 spiro atoms. The van der Waals surface area contributed by atoms with Gasteiger partial charge in [0.15, 0.2) is 0 Å². The fourth-order valence-electron chi connectivity index (χ4n) is 2.25. The lowest BCUT2D eigenvalue weighted by Crippen LogP contribution is -2.20. The van der Waals surface area contributed by atoms with Gasteiger partial charge in [-0.05, 0) is 37.4 Å².